The Morgan fingerprint density at radius 2 is 1.86 bits per heavy atom. The molecule has 150 valence electrons. The number of halogens is 2. The van der Waals surface area contributed by atoms with Crippen molar-refractivity contribution in [3.05, 3.63) is 64.9 Å². The first-order valence-corrected chi connectivity index (χ1v) is 10.7. The molecular formula is C19H21ClFN3O3S. The van der Waals surface area contributed by atoms with Crippen molar-refractivity contribution in [1.82, 2.24) is 8.61 Å². The second kappa shape index (κ2) is 8.57. The maximum Gasteiger partial charge on any atom is 0.283 e. The van der Waals surface area contributed by atoms with Crippen LogP contribution in [0.1, 0.15) is 18.9 Å². The van der Waals surface area contributed by atoms with Gasteiger partial charge in [0, 0.05) is 24.7 Å². The molecule has 1 fully saturated rings. The van der Waals surface area contributed by atoms with E-state index >= 15 is 0 Å². The predicted molar refractivity (Wildman–Crippen MR) is 107 cm³/mol. The summed E-state index contributed by atoms with van der Waals surface area (Å²) in [6, 6.07) is 11.9. The summed E-state index contributed by atoms with van der Waals surface area (Å²) < 4.78 is 42.3. The van der Waals surface area contributed by atoms with Gasteiger partial charge in [-0.3, -0.25) is 4.79 Å². The summed E-state index contributed by atoms with van der Waals surface area (Å²) in [4.78, 5) is 12.7. The van der Waals surface area contributed by atoms with E-state index in [0.29, 0.717) is 10.6 Å². The summed E-state index contributed by atoms with van der Waals surface area (Å²) in [5, 5.41) is 2.98. The van der Waals surface area contributed by atoms with Gasteiger partial charge >= 0.3 is 0 Å². The van der Waals surface area contributed by atoms with Crippen molar-refractivity contribution in [2.24, 2.45) is 0 Å². The predicted octanol–water partition coefficient (Wildman–Crippen LogP) is 3.26. The number of carbonyl (C=O) groups excluding carboxylic acids is 1. The van der Waals surface area contributed by atoms with Crippen LogP contribution in [0.15, 0.2) is 48.5 Å². The molecule has 1 aliphatic heterocycles. The third-order valence-electron chi connectivity index (χ3n) is 4.67. The minimum Gasteiger partial charge on any atom is -0.322 e. The van der Waals surface area contributed by atoms with Gasteiger partial charge in [-0.25, -0.2) is 4.39 Å². The van der Waals surface area contributed by atoms with E-state index < -0.39 is 28.0 Å². The van der Waals surface area contributed by atoms with Gasteiger partial charge in [-0.15, -0.1) is 0 Å². The van der Waals surface area contributed by atoms with E-state index in [2.05, 4.69) is 5.32 Å². The van der Waals surface area contributed by atoms with Gasteiger partial charge in [-0.2, -0.15) is 17.0 Å². The Bertz CT molecular complexity index is 970. The van der Waals surface area contributed by atoms with E-state index in [-0.39, 0.29) is 31.7 Å². The second-order valence-corrected chi connectivity index (χ2v) is 8.72. The molecule has 9 heteroatoms. The average molecular weight is 426 g/mol. The van der Waals surface area contributed by atoms with E-state index in [4.69, 9.17) is 11.6 Å². The Labute approximate surface area is 169 Å². The first kappa shape index (κ1) is 20.7. The van der Waals surface area contributed by atoms with Crippen LogP contribution in [0.2, 0.25) is 5.02 Å². The van der Waals surface area contributed by atoms with Crippen molar-refractivity contribution in [3.63, 3.8) is 0 Å². The molecule has 0 aliphatic carbocycles. The van der Waals surface area contributed by atoms with Crippen molar-refractivity contribution in [1.29, 1.82) is 0 Å². The monoisotopic (exact) mass is 425 g/mol. The van der Waals surface area contributed by atoms with Crippen LogP contribution in [0.4, 0.5) is 10.1 Å². The van der Waals surface area contributed by atoms with E-state index in [0.717, 1.165) is 0 Å². The Morgan fingerprint density at radius 3 is 2.54 bits per heavy atom. The van der Waals surface area contributed by atoms with Crippen molar-refractivity contribution < 1.29 is 17.6 Å². The van der Waals surface area contributed by atoms with Crippen LogP contribution in [0.3, 0.4) is 0 Å². The summed E-state index contributed by atoms with van der Waals surface area (Å²) in [7, 11) is -3.85. The topological polar surface area (TPSA) is 69.7 Å². The summed E-state index contributed by atoms with van der Waals surface area (Å²) in [6.07, 6.45) is 0.263. The number of nitrogens with zero attached hydrogens (tertiary/aromatic N) is 2. The number of nitrogens with one attached hydrogen (secondary N) is 1. The van der Waals surface area contributed by atoms with Gasteiger partial charge in [0.1, 0.15) is 11.9 Å². The van der Waals surface area contributed by atoms with Gasteiger partial charge in [0.15, 0.2) is 0 Å². The molecule has 0 bridgehead atoms. The molecule has 0 aromatic heterocycles. The number of anilines is 1. The molecule has 0 radical (unpaired) electrons. The van der Waals surface area contributed by atoms with Crippen LogP contribution >= 0.6 is 11.6 Å². The van der Waals surface area contributed by atoms with Gasteiger partial charge < -0.3 is 5.32 Å². The number of rotatable bonds is 6. The average Bonchev–Trinajstić information content (AvgIpc) is 2.94. The normalized spacial score (nSPS) is 18.1. The molecule has 1 heterocycles. The van der Waals surface area contributed by atoms with Crippen LogP contribution < -0.4 is 5.32 Å². The lowest BCUT2D eigenvalue weighted by Crippen LogP contribution is -2.46. The van der Waals surface area contributed by atoms with Crippen molar-refractivity contribution in [2.45, 2.75) is 25.9 Å². The Morgan fingerprint density at radius 1 is 1.18 bits per heavy atom. The molecule has 1 saturated heterocycles. The quantitative estimate of drug-likeness (QED) is 0.772. The van der Waals surface area contributed by atoms with Crippen LogP contribution in [-0.2, 0) is 21.5 Å². The molecule has 3 rings (SSSR count). The van der Waals surface area contributed by atoms with E-state index in [9.17, 15) is 17.6 Å². The summed E-state index contributed by atoms with van der Waals surface area (Å²) in [5.41, 5.74) is 0.717. The molecule has 1 amide bonds. The molecule has 2 aromatic rings. The zero-order valence-corrected chi connectivity index (χ0v) is 16.9. The lowest BCUT2D eigenvalue weighted by molar-refractivity contribution is -0.119. The lowest BCUT2D eigenvalue weighted by Gasteiger charge is -2.25. The fourth-order valence-corrected chi connectivity index (χ4v) is 5.17. The zero-order valence-electron chi connectivity index (χ0n) is 15.3. The third kappa shape index (κ3) is 4.20. The maximum absolute atomic E-state index is 13.8. The lowest BCUT2D eigenvalue weighted by atomic mass is 10.2. The van der Waals surface area contributed by atoms with Gasteiger partial charge in [-0.05, 0) is 30.2 Å². The van der Waals surface area contributed by atoms with Gasteiger partial charge in [-0.1, -0.05) is 48.9 Å². The highest BCUT2D eigenvalue weighted by Crippen LogP contribution is 2.26. The number of benzene rings is 2. The Balaban J connectivity index is 1.77. The number of carbonyl (C=O) groups is 1. The van der Waals surface area contributed by atoms with E-state index in [1.165, 1.54) is 26.8 Å². The minimum atomic E-state index is -3.85. The molecule has 1 aliphatic rings. The van der Waals surface area contributed by atoms with Crippen LogP contribution in [0.5, 0.6) is 0 Å². The Kier molecular flexibility index (Phi) is 6.34. The standard InChI is InChI=1S/C19H21ClFN3O3S/c1-2-18(19(25)22-17-10-6-5-9-16(17)21)24-12-11-23(28(24,26)27)13-14-7-3-4-8-15(14)20/h3-10,18H,2,11-13H2,1H3,(H,22,25). The molecule has 1 unspecified atom stereocenters. The molecule has 1 N–H and O–H groups in total. The summed E-state index contributed by atoms with van der Waals surface area (Å²) >= 11 is 6.14. The first-order chi connectivity index (χ1) is 13.3. The van der Waals surface area contributed by atoms with E-state index in [1.54, 1.807) is 37.3 Å². The highest BCUT2D eigenvalue weighted by Gasteiger charge is 2.43. The smallest absolute Gasteiger partial charge is 0.283 e. The summed E-state index contributed by atoms with van der Waals surface area (Å²) in [6.45, 7) is 2.27. The summed E-state index contributed by atoms with van der Waals surface area (Å²) in [5.74, 6) is -1.13. The maximum atomic E-state index is 13.8. The fourth-order valence-electron chi connectivity index (χ4n) is 3.18. The molecule has 0 spiro atoms. The van der Waals surface area contributed by atoms with Gasteiger partial charge in [0.2, 0.25) is 5.91 Å². The highest BCUT2D eigenvalue weighted by molar-refractivity contribution is 7.87. The number of amides is 1. The molecule has 6 nitrogen and oxygen atoms in total. The second-order valence-electron chi connectivity index (χ2n) is 6.44. The van der Waals surface area contributed by atoms with Crippen LogP contribution in [0, 0.1) is 5.82 Å². The first-order valence-electron chi connectivity index (χ1n) is 8.90. The SMILES string of the molecule is CCC(C(=O)Nc1ccccc1F)N1CCN(Cc2ccccc2Cl)S1(=O)=O. The van der Waals surface area contributed by atoms with Gasteiger partial charge in [0.25, 0.3) is 10.2 Å². The largest absolute Gasteiger partial charge is 0.322 e. The number of hydrogen-bond acceptors (Lipinski definition) is 3. The van der Waals surface area contributed by atoms with Crippen LogP contribution in [-0.4, -0.2) is 42.1 Å². The van der Waals surface area contributed by atoms with Crippen LogP contribution in [0.25, 0.3) is 0 Å². The Hall–Kier alpha value is -2.00. The fraction of sp³-hybridized carbons (Fsp3) is 0.316. The minimum absolute atomic E-state index is 0.0236. The van der Waals surface area contributed by atoms with Crippen molar-refractivity contribution in [2.75, 3.05) is 18.4 Å². The molecule has 2 aromatic carbocycles. The number of hydrogen-bond donors (Lipinski definition) is 1. The molecule has 1 atom stereocenters. The molecule has 0 saturated carbocycles. The third-order valence-corrected chi connectivity index (χ3v) is 7.03. The number of para-hydroxylation sites is 1. The van der Waals surface area contributed by atoms with Crippen molar-refractivity contribution in [3.8, 4) is 0 Å². The molecule has 28 heavy (non-hydrogen) atoms. The zero-order chi connectivity index (χ0) is 20.3. The van der Waals surface area contributed by atoms with E-state index in [1.807, 2.05) is 0 Å². The molecular weight excluding hydrogens is 405 g/mol. The van der Waals surface area contributed by atoms with Gasteiger partial charge in [0.05, 0.1) is 5.69 Å². The highest BCUT2D eigenvalue weighted by atomic mass is 35.5. The van der Waals surface area contributed by atoms with Crippen molar-refractivity contribution >= 4 is 33.4 Å².